The number of ether oxygens (including phenoxy) is 1. The first-order valence-corrected chi connectivity index (χ1v) is 12.7. The predicted octanol–water partition coefficient (Wildman–Crippen LogP) is 5.51. The van der Waals surface area contributed by atoms with Crippen molar-refractivity contribution in [1.29, 1.82) is 0 Å². The number of sulfonamides is 1. The van der Waals surface area contributed by atoms with E-state index in [-0.39, 0.29) is 11.0 Å². The van der Waals surface area contributed by atoms with E-state index in [9.17, 15) is 13.2 Å². The molecule has 1 aliphatic rings. The number of rotatable bonds is 9. The lowest BCUT2D eigenvalue weighted by Gasteiger charge is -2.36. The molecule has 1 N–H and O–H groups in total. The van der Waals surface area contributed by atoms with Crippen molar-refractivity contribution >= 4 is 21.8 Å². The standard InChI is InChI=1S/C23H38N2O4S/c1-6-14-25(15-7-2)30(27,28)20-11-9-19(10-12-20)24-23(26)29-22-16-18(5)8-13-21(22)17(3)4/h9-12,17-18,21-22H,6-8,13-16H2,1-5H3,(H,24,26)/t18-,21-,22+/m1/s1. The van der Waals surface area contributed by atoms with Crippen molar-refractivity contribution in [1.82, 2.24) is 4.31 Å². The van der Waals surface area contributed by atoms with Gasteiger partial charge in [-0.2, -0.15) is 4.31 Å². The van der Waals surface area contributed by atoms with Crippen molar-refractivity contribution < 1.29 is 17.9 Å². The summed E-state index contributed by atoms with van der Waals surface area (Å²) in [5, 5.41) is 2.75. The summed E-state index contributed by atoms with van der Waals surface area (Å²) in [6.07, 6.45) is 4.11. The fourth-order valence-electron chi connectivity index (χ4n) is 4.25. The van der Waals surface area contributed by atoms with Gasteiger partial charge in [0.05, 0.1) is 4.90 Å². The predicted molar refractivity (Wildman–Crippen MR) is 121 cm³/mol. The molecule has 1 saturated carbocycles. The number of benzene rings is 1. The van der Waals surface area contributed by atoms with Crippen LogP contribution in [0.15, 0.2) is 29.2 Å². The van der Waals surface area contributed by atoms with Gasteiger partial charge in [-0.3, -0.25) is 5.32 Å². The highest BCUT2D eigenvalue weighted by Crippen LogP contribution is 2.35. The van der Waals surface area contributed by atoms with Gasteiger partial charge in [-0.15, -0.1) is 0 Å². The summed E-state index contributed by atoms with van der Waals surface area (Å²) in [6, 6.07) is 6.33. The maximum Gasteiger partial charge on any atom is 0.411 e. The Labute approximate surface area is 182 Å². The number of nitrogens with one attached hydrogen (secondary N) is 1. The third-order valence-corrected chi connectivity index (χ3v) is 7.82. The summed E-state index contributed by atoms with van der Waals surface area (Å²) < 4.78 is 33.0. The number of hydrogen-bond acceptors (Lipinski definition) is 4. The lowest BCUT2D eigenvalue weighted by atomic mass is 9.75. The fourth-order valence-corrected chi connectivity index (χ4v) is 5.87. The largest absolute Gasteiger partial charge is 0.446 e. The van der Waals surface area contributed by atoms with Crippen molar-refractivity contribution in [2.75, 3.05) is 18.4 Å². The molecule has 2 rings (SSSR count). The lowest BCUT2D eigenvalue weighted by Crippen LogP contribution is -2.37. The molecule has 6 nitrogen and oxygen atoms in total. The van der Waals surface area contributed by atoms with Gasteiger partial charge in [0.2, 0.25) is 10.0 Å². The second-order valence-corrected chi connectivity index (χ2v) is 10.8. The van der Waals surface area contributed by atoms with E-state index in [4.69, 9.17) is 4.74 Å². The molecule has 0 aromatic heterocycles. The molecule has 1 fully saturated rings. The second-order valence-electron chi connectivity index (χ2n) is 8.82. The van der Waals surface area contributed by atoms with Crippen LogP contribution < -0.4 is 5.32 Å². The Hall–Kier alpha value is -1.60. The molecule has 30 heavy (non-hydrogen) atoms. The van der Waals surface area contributed by atoms with Gasteiger partial charge in [-0.25, -0.2) is 13.2 Å². The normalized spacial score (nSPS) is 22.3. The van der Waals surface area contributed by atoms with Gasteiger partial charge < -0.3 is 4.74 Å². The van der Waals surface area contributed by atoms with Crippen LogP contribution in [0.5, 0.6) is 0 Å². The monoisotopic (exact) mass is 438 g/mol. The Balaban J connectivity index is 2.03. The van der Waals surface area contributed by atoms with Gasteiger partial charge >= 0.3 is 6.09 Å². The first-order valence-electron chi connectivity index (χ1n) is 11.3. The maximum atomic E-state index is 12.9. The molecule has 0 unspecified atom stereocenters. The first-order chi connectivity index (χ1) is 14.2. The Morgan fingerprint density at radius 1 is 1.13 bits per heavy atom. The van der Waals surface area contributed by atoms with Crippen LogP contribution in [-0.4, -0.2) is 38.0 Å². The molecule has 7 heteroatoms. The van der Waals surface area contributed by atoms with Gasteiger partial charge in [0, 0.05) is 18.8 Å². The van der Waals surface area contributed by atoms with E-state index in [2.05, 4.69) is 26.1 Å². The van der Waals surface area contributed by atoms with Crippen molar-refractivity contribution in [3.8, 4) is 0 Å². The molecule has 1 aromatic rings. The molecule has 0 aliphatic heterocycles. The van der Waals surface area contributed by atoms with Gasteiger partial charge in [-0.1, -0.05) is 41.0 Å². The van der Waals surface area contributed by atoms with Crippen LogP contribution in [0.4, 0.5) is 10.5 Å². The molecule has 0 radical (unpaired) electrons. The van der Waals surface area contributed by atoms with E-state index in [0.717, 1.165) is 25.7 Å². The van der Waals surface area contributed by atoms with Gasteiger partial charge in [-0.05, 0) is 67.7 Å². The zero-order valence-corrected chi connectivity index (χ0v) is 19.9. The van der Waals surface area contributed by atoms with Crippen molar-refractivity contribution in [2.45, 2.75) is 77.7 Å². The van der Waals surface area contributed by atoms with Crippen molar-refractivity contribution in [3.63, 3.8) is 0 Å². The fraction of sp³-hybridized carbons (Fsp3) is 0.696. The Kier molecular flexibility index (Phi) is 9.16. The van der Waals surface area contributed by atoms with Gasteiger partial charge in [0.1, 0.15) is 6.10 Å². The highest BCUT2D eigenvalue weighted by Gasteiger charge is 2.33. The molecule has 0 spiro atoms. The van der Waals surface area contributed by atoms with Gasteiger partial charge in [0.15, 0.2) is 0 Å². The summed E-state index contributed by atoms with van der Waals surface area (Å²) in [4.78, 5) is 12.7. The number of anilines is 1. The Morgan fingerprint density at radius 2 is 1.73 bits per heavy atom. The Morgan fingerprint density at radius 3 is 2.27 bits per heavy atom. The minimum absolute atomic E-state index is 0.0787. The molecule has 1 aliphatic carbocycles. The smallest absolute Gasteiger partial charge is 0.411 e. The number of amides is 1. The number of nitrogens with zero attached hydrogens (tertiary/aromatic N) is 1. The molecule has 0 bridgehead atoms. The van der Waals surface area contributed by atoms with Crippen LogP contribution in [-0.2, 0) is 14.8 Å². The highest BCUT2D eigenvalue weighted by molar-refractivity contribution is 7.89. The molecule has 1 aromatic carbocycles. The van der Waals surface area contributed by atoms with Crippen LogP contribution in [0.3, 0.4) is 0 Å². The Bertz CT molecular complexity index is 771. The first kappa shape index (κ1) is 24.7. The summed E-state index contributed by atoms with van der Waals surface area (Å²) in [5.41, 5.74) is 0.529. The summed E-state index contributed by atoms with van der Waals surface area (Å²) in [6.45, 7) is 11.5. The second kappa shape index (κ2) is 11.1. The van der Waals surface area contributed by atoms with E-state index in [1.54, 1.807) is 24.3 Å². The van der Waals surface area contributed by atoms with E-state index in [1.807, 2.05) is 13.8 Å². The van der Waals surface area contributed by atoms with Crippen LogP contribution in [0.25, 0.3) is 0 Å². The molecule has 1 amide bonds. The lowest BCUT2D eigenvalue weighted by molar-refractivity contribution is 0.0126. The summed E-state index contributed by atoms with van der Waals surface area (Å²) in [7, 11) is -3.53. The van der Waals surface area contributed by atoms with Crippen molar-refractivity contribution in [3.05, 3.63) is 24.3 Å². The zero-order valence-electron chi connectivity index (χ0n) is 19.1. The van der Waals surface area contributed by atoms with Crippen molar-refractivity contribution in [2.24, 2.45) is 17.8 Å². The number of carbonyl (C=O) groups excluding carboxylic acids is 1. The van der Waals surface area contributed by atoms with Crippen LogP contribution in [0, 0.1) is 17.8 Å². The third kappa shape index (κ3) is 6.45. The zero-order chi connectivity index (χ0) is 22.3. The topological polar surface area (TPSA) is 75.7 Å². The number of hydrogen-bond donors (Lipinski definition) is 1. The summed E-state index contributed by atoms with van der Waals surface area (Å²) >= 11 is 0. The molecular formula is C23H38N2O4S. The minimum atomic E-state index is -3.53. The maximum absolute atomic E-state index is 12.9. The number of carbonyl (C=O) groups is 1. The summed E-state index contributed by atoms with van der Waals surface area (Å²) in [5.74, 6) is 1.40. The molecule has 0 saturated heterocycles. The molecule has 3 atom stereocenters. The van der Waals surface area contributed by atoms with E-state index in [0.29, 0.717) is 36.5 Å². The average molecular weight is 439 g/mol. The molecule has 0 heterocycles. The van der Waals surface area contributed by atoms with E-state index >= 15 is 0 Å². The molecular weight excluding hydrogens is 400 g/mol. The van der Waals surface area contributed by atoms with E-state index < -0.39 is 16.1 Å². The molecule has 170 valence electrons. The average Bonchev–Trinajstić information content (AvgIpc) is 2.68. The third-order valence-electron chi connectivity index (χ3n) is 5.90. The van der Waals surface area contributed by atoms with Crippen LogP contribution in [0.1, 0.15) is 66.7 Å². The van der Waals surface area contributed by atoms with E-state index in [1.165, 1.54) is 10.7 Å². The van der Waals surface area contributed by atoms with Gasteiger partial charge in [0.25, 0.3) is 0 Å². The quantitative estimate of drug-likeness (QED) is 0.552. The minimum Gasteiger partial charge on any atom is -0.446 e. The SMILES string of the molecule is CCCN(CCC)S(=O)(=O)c1ccc(NC(=O)O[C@H]2C[C@H](C)CC[C@@H]2C(C)C)cc1. The van der Waals surface area contributed by atoms with Crippen LogP contribution in [0.2, 0.25) is 0 Å². The van der Waals surface area contributed by atoms with Crippen LogP contribution >= 0.6 is 0 Å². The highest BCUT2D eigenvalue weighted by atomic mass is 32.2.